The van der Waals surface area contributed by atoms with Gasteiger partial charge in [0.2, 0.25) is 0 Å². The molecule has 0 atom stereocenters. The van der Waals surface area contributed by atoms with E-state index in [4.69, 9.17) is 18.9 Å². The molecule has 0 aromatic rings. The fourth-order valence-corrected chi connectivity index (χ4v) is 1.06. The molecule has 0 aliphatic carbocycles. The van der Waals surface area contributed by atoms with Crippen molar-refractivity contribution in [3.8, 4) is 0 Å². The van der Waals surface area contributed by atoms with Gasteiger partial charge < -0.3 is 18.9 Å². The van der Waals surface area contributed by atoms with Crippen molar-refractivity contribution in [1.29, 1.82) is 0 Å². The van der Waals surface area contributed by atoms with E-state index in [0.29, 0.717) is 39.6 Å². The van der Waals surface area contributed by atoms with Gasteiger partial charge in [0.25, 0.3) is 0 Å². The van der Waals surface area contributed by atoms with Crippen molar-refractivity contribution in [3.05, 3.63) is 0 Å². The predicted octanol–water partition coefficient (Wildman–Crippen LogP) is 0.802. The molecule has 0 bridgehead atoms. The standard InChI is InChI=1S/C9H18O4/c1-9(2)12-7-5-10-3-4-11-6-8-13-9/h3-8H2,1-2H3. The van der Waals surface area contributed by atoms with Crippen LogP contribution in [-0.4, -0.2) is 45.4 Å². The molecule has 0 radical (unpaired) electrons. The highest BCUT2D eigenvalue weighted by Gasteiger charge is 2.18. The molecule has 78 valence electrons. The maximum atomic E-state index is 5.46. The lowest BCUT2D eigenvalue weighted by atomic mass is 10.4. The first-order valence-electron chi connectivity index (χ1n) is 4.64. The second-order valence-corrected chi connectivity index (χ2v) is 3.32. The van der Waals surface area contributed by atoms with Gasteiger partial charge in [0.05, 0.1) is 39.6 Å². The lowest BCUT2D eigenvalue weighted by molar-refractivity contribution is -0.219. The Hall–Kier alpha value is -0.160. The van der Waals surface area contributed by atoms with Crippen molar-refractivity contribution in [2.75, 3.05) is 39.6 Å². The van der Waals surface area contributed by atoms with E-state index < -0.39 is 5.79 Å². The van der Waals surface area contributed by atoms with E-state index >= 15 is 0 Å². The quantitative estimate of drug-likeness (QED) is 0.566. The third-order valence-electron chi connectivity index (χ3n) is 1.73. The second-order valence-electron chi connectivity index (χ2n) is 3.32. The lowest BCUT2D eigenvalue weighted by Crippen LogP contribution is -2.30. The van der Waals surface area contributed by atoms with Gasteiger partial charge in [-0.05, 0) is 13.8 Å². The summed E-state index contributed by atoms with van der Waals surface area (Å²) >= 11 is 0. The average molecular weight is 190 g/mol. The van der Waals surface area contributed by atoms with Gasteiger partial charge in [-0.3, -0.25) is 0 Å². The van der Waals surface area contributed by atoms with Gasteiger partial charge >= 0.3 is 0 Å². The van der Waals surface area contributed by atoms with Crippen LogP contribution in [0.1, 0.15) is 13.8 Å². The van der Waals surface area contributed by atoms with E-state index in [2.05, 4.69) is 0 Å². The Bertz CT molecular complexity index is 122. The molecule has 13 heavy (non-hydrogen) atoms. The van der Waals surface area contributed by atoms with Gasteiger partial charge in [-0.15, -0.1) is 0 Å². The second kappa shape index (κ2) is 5.54. The van der Waals surface area contributed by atoms with Crippen LogP contribution in [0.25, 0.3) is 0 Å². The van der Waals surface area contributed by atoms with Gasteiger partial charge in [-0.1, -0.05) is 0 Å². The molecule has 1 rings (SSSR count). The Morgan fingerprint density at radius 1 is 0.692 bits per heavy atom. The highest BCUT2D eigenvalue weighted by atomic mass is 16.7. The van der Waals surface area contributed by atoms with E-state index in [0.717, 1.165) is 0 Å². The maximum absolute atomic E-state index is 5.46. The molecular formula is C9H18O4. The molecule has 1 heterocycles. The van der Waals surface area contributed by atoms with Crippen LogP contribution in [-0.2, 0) is 18.9 Å². The molecule has 4 nitrogen and oxygen atoms in total. The van der Waals surface area contributed by atoms with E-state index in [1.807, 2.05) is 13.8 Å². The molecule has 4 heteroatoms. The average Bonchev–Trinajstić information content (AvgIpc) is 2.10. The summed E-state index contributed by atoms with van der Waals surface area (Å²) in [6.07, 6.45) is 0. The molecule has 0 spiro atoms. The predicted molar refractivity (Wildman–Crippen MR) is 47.6 cm³/mol. The lowest BCUT2D eigenvalue weighted by Gasteiger charge is -2.25. The molecule has 0 amide bonds. The smallest absolute Gasteiger partial charge is 0.162 e. The first kappa shape index (κ1) is 10.9. The van der Waals surface area contributed by atoms with E-state index in [-0.39, 0.29) is 0 Å². The molecule has 1 fully saturated rings. The molecule has 0 aromatic carbocycles. The summed E-state index contributed by atoms with van der Waals surface area (Å²) < 4.78 is 21.4. The molecule has 0 unspecified atom stereocenters. The minimum Gasteiger partial charge on any atom is -0.377 e. The van der Waals surface area contributed by atoms with Gasteiger partial charge in [-0.25, -0.2) is 0 Å². The molecule has 1 aliphatic rings. The largest absolute Gasteiger partial charge is 0.377 e. The summed E-state index contributed by atoms with van der Waals surface area (Å²) in [6, 6.07) is 0. The number of hydrogen-bond acceptors (Lipinski definition) is 4. The Morgan fingerprint density at radius 2 is 1.08 bits per heavy atom. The van der Waals surface area contributed by atoms with E-state index in [1.165, 1.54) is 0 Å². The SMILES string of the molecule is CC1(C)OCCOCCOCCO1. The van der Waals surface area contributed by atoms with Crippen LogP contribution in [0.5, 0.6) is 0 Å². The number of ether oxygens (including phenoxy) is 4. The Balaban J connectivity index is 2.27. The van der Waals surface area contributed by atoms with Crippen molar-refractivity contribution in [1.82, 2.24) is 0 Å². The molecule has 0 aromatic heterocycles. The minimum atomic E-state index is -0.531. The summed E-state index contributed by atoms with van der Waals surface area (Å²) in [4.78, 5) is 0. The molecule has 0 N–H and O–H groups in total. The van der Waals surface area contributed by atoms with Gasteiger partial charge in [0, 0.05) is 0 Å². The van der Waals surface area contributed by atoms with Crippen molar-refractivity contribution < 1.29 is 18.9 Å². The highest BCUT2D eigenvalue weighted by molar-refractivity contribution is 4.54. The van der Waals surface area contributed by atoms with Crippen LogP contribution in [0.3, 0.4) is 0 Å². The summed E-state index contributed by atoms with van der Waals surface area (Å²) in [5, 5.41) is 0. The summed E-state index contributed by atoms with van der Waals surface area (Å²) in [5.74, 6) is -0.531. The van der Waals surface area contributed by atoms with Gasteiger partial charge in [0.15, 0.2) is 5.79 Å². The van der Waals surface area contributed by atoms with Crippen LogP contribution in [0.2, 0.25) is 0 Å². The maximum Gasteiger partial charge on any atom is 0.162 e. The Kier molecular flexibility index (Phi) is 4.66. The first-order chi connectivity index (χ1) is 6.21. The molecule has 1 saturated heterocycles. The zero-order valence-electron chi connectivity index (χ0n) is 8.38. The third-order valence-corrected chi connectivity index (χ3v) is 1.73. The monoisotopic (exact) mass is 190 g/mol. The van der Waals surface area contributed by atoms with Crippen LogP contribution >= 0.6 is 0 Å². The van der Waals surface area contributed by atoms with Crippen molar-refractivity contribution in [2.24, 2.45) is 0 Å². The zero-order chi connectivity index (χ0) is 9.57. The third kappa shape index (κ3) is 5.21. The Morgan fingerprint density at radius 3 is 1.54 bits per heavy atom. The van der Waals surface area contributed by atoms with Crippen LogP contribution in [0.4, 0.5) is 0 Å². The fourth-order valence-electron chi connectivity index (χ4n) is 1.06. The fraction of sp³-hybridized carbons (Fsp3) is 1.00. The number of hydrogen-bond donors (Lipinski definition) is 0. The van der Waals surface area contributed by atoms with Crippen LogP contribution in [0.15, 0.2) is 0 Å². The van der Waals surface area contributed by atoms with Gasteiger partial charge in [0.1, 0.15) is 0 Å². The van der Waals surface area contributed by atoms with Crippen molar-refractivity contribution in [2.45, 2.75) is 19.6 Å². The molecular weight excluding hydrogens is 172 g/mol. The normalized spacial score (nSPS) is 26.3. The van der Waals surface area contributed by atoms with Crippen LogP contribution < -0.4 is 0 Å². The zero-order valence-corrected chi connectivity index (χ0v) is 8.38. The topological polar surface area (TPSA) is 36.9 Å². The molecule has 0 saturated carbocycles. The Labute approximate surface area is 79.1 Å². The minimum absolute atomic E-state index is 0.531. The van der Waals surface area contributed by atoms with Crippen LogP contribution in [0, 0.1) is 0 Å². The highest BCUT2D eigenvalue weighted by Crippen LogP contribution is 2.10. The van der Waals surface area contributed by atoms with E-state index in [9.17, 15) is 0 Å². The van der Waals surface area contributed by atoms with Gasteiger partial charge in [-0.2, -0.15) is 0 Å². The van der Waals surface area contributed by atoms with Crippen molar-refractivity contribution >= 4 is 0 Å². The van der Waals surface area contributed by atoms with E-state index in [1.54, 1.807) is 0 Å². The molecule has 1 aliphatic heterocycles. The summed E-state index contributed by atoms with van der Waals surface area (Å²) in [5.41, 5.74) is 0. The summed E-state index contributed by atoms with van der Waals surface area (Å²) in [6.45, 7) is 7.36. The van der Waals surface area contributed by atoms with Crippen molar-refractivity contribution in [3.63, 3.8) is 0 Å². The number of rotatable bonds is 0. The first-order valence-corrected chi connectivity index (χ1v) is 4.64. The summed E-state index contributed by atoms with van der Waals surface area (Å²) in [7, 11) is 0.